The van der Waals surface area contributed by atoms with E-state index in [0.29, 0.717) is 34.5 Å². The Morgan fingerprint density at radius 2 is 1.58 bits per heavy atom. The Balaban J connectivity index is 1.32. The number of unbranched alkanes of at least 4 members (excludes halogenated alkanes) is 1. The lowest BCUT2D eigenvalue weighted by molar-refractivity contribution is -0.00485. The number of nitrogen functional groups attached to an aromatic ring is 1. The fourth-order valence-corrected chi connectivity index (χ4v) is 8.00. The largest absolute Gasteiger partial charge is 0.494 e. The molecular weight excluding hydrogens is 558 g/mol. The van der Waals surface area contributed by atoms with Gasteiger partial charge >= 0.3 is 5.97 Å². The van der Waals surface area contributed by atoms with E-state index in [0.717, 1.165) is 48.7 Å². The van der Waals surface area contributed by atoms with Crippen LogP contribution in [-0.2, 0) is 4.74 Å². The predicted molar refractivity (Wildman–Crippen MR) is 168 cm³/mol. The first-order chi connectivity index (χ1) is 20.8. The number of ether oxygens (including phenoxy) is 2. The molecule has 2 N–H and O–H groups in total. The van der Waals surface area contributed by atoms with Crippen molar-refractivity contribution in [3.8, 4) is 5.75 Å². The van der Waals surface area contributed by atoms with Gasteiger partial charge in [-0.2, -0.15) is 0 Å². The lowest BCUT2D eigenvalue weighted by Crippen LogP contribution is -2.35. The van der Waals surface area contributed by atoms with Gasteiger partial charge in [0, 0.05) is 26.5 Å². The summed E-state index contributed by atoms with van der Waals surface area (Å²) in [6.07, 6.45) is 8.29. The number of esters is 1. The number of benzene rings is 3. The van der Waals surface area contributed by atoms with E-state index in [1.807, 2.05) is 24.3 Å². The fourth-order valence-electron chi connectivity index (χ4n) is 7.00. The Kier molecular flexibility index (Phi) is 8.62. The molecule has 224 valence electrons. The zero-order valence-electron chi connectivity index (χ0n) is 24.9. The van der Waals surface area contributed by atoms with Crippen LogP contribution in [0.15, 0.2) is 64.4 Å². The quantitative estimate of drug-likeness (QED) is 0.124. The maximum atomic E-state index is 13.8. The summed E-state index contributed by atoms with van der Waals surface area (Å²) in [4.78, 5) is 42.7. The van der Waals surface area contributed by atoms with Crippen LogP contribution in [0.25, 0.3) is 0 Å². The molecule has 0 saturated heterocycles. The number of nitrogens with two attached hydrogens (primary N) is 1. The third kappa shape index (κ3) is 5.97. The first-order valence-corrected chi connectivity index (χ1v) is 16.4. The maximum absolute atomic E-state index is 13.8. The standard InChI is InChI=1S/C36H39NO5S/c1-3-4-17-41-24-13-15-26(16-14-24)43-30-20-29(36(40)42-25-12-11-22-18-21(2)9-10-23(22)19-25)33(37)32-31(30)34(38)27-7-5-6-8-28(27)35(32)39/h5-8,13-16,20-23,25H,3-4,9-12,17-19,37H2,1-2H3/t21?,22-,23?,25-/m1/s1. The first kappa shape index (κ1) is 29.5. The third-order valence-corrected chi connectivity index (χ3v) is 10.4. The lowest BCUT2D eigenvalue weighted by atomic mass is 9.67. The molecule has 6 nitrogen and oxygen atoms in total. The van der Waals surface area contributed by atoms with E-state index in [1.54, 1.807) is 30.3 Å². The highest BCUT2D eigenvalue weighted by molar-refractivity contribution is 7.99. The molecule has 3 aromatic rings. The highest BCUT2D eigenvalue weighted by atomic mass is 32.2. The van der Waals surface area contributed by atoms with Gasteiger partial charge in [-0.05, 0) is 86.6 Å². The molecule has 2 saturated carbocycles. The van der Waals surface area contributed by atoms with Crippen molar-refractivity contribution in [1.29, 1.82) is 0 Å². The third-order valence-electron chi connectivity index (χ3n) is 9.34. The average molecular weight is 598 g/mol. The summed E-state index contributed by atoms with van der Waals surface area (Å²) in [6.45, 7) is 5.10. The smallest absolute Gasteiger partial charge is 0.340 e. The normalized spacial score (nSPS) is 22.7. The molecule has 0 aromatic heterocycles. The monoisotopic (exact) mass is 597 g/mol. The number of rotatable bonds is 8. The van der Waals surface area contributed by atoms with E-state index >= 15 is 0 Å². The molecule has 3 aliphatic rings. The zero-order valence-corrected chi connectivity index (χ0v) is 25.7. The molecule has 2 unspecified atom stereocenters. The van der Waals surface area contributed by atoms with Crippen molar-refractivity contribution >= 4 is 35.0 Å². The maximum Gasteiger partial charge on any atom is 0.340 e. The summed E-state index contributed by atoms with van der Waals surface area (Å²) >= 11 is 1.33. The van der Waals surface area contributed by atoms with Crippen molar-refractivity contribution in [2.45, 2.75) is 81.1 Å². The van der Waals surface area contributed by atoms with E-state index in [-0.39, 0.29) is 40.0 Å². The van der Waals surface area contributed by atoms with Crippen molar-refractivity contribution in [2.75, 3.05) is 12.3 Å². The molecule has 2 fully saturated rings. The zero-order chi connectivity index (χ0) is 30.1. The molecule has 7 heteroatoms. The van der Waals surface area contributed by atoms with Crippen LogP contribution in [0.3, 0.4) is 0 Å². The predicted octanol–water partition coefficient (Wildman–Crippen LogP) is 8.14. The van der Waals surface area contributed by atoms with Crippen LogP contribution in [0.2, 0.25) is 0 Å². The first-order valence-electron chi connectivity index (χ1n) is 15.6. The number of hydrogen-bond donors (Lipinski definition) is 1. The van der Waals surface area contributed by atoms with Crippen LogP contribution in [0.5, 0.6) is 5.75 Å². The van der Waals surface area contributed by atoms with E-state index in [4.69, 9.17) is 15.2 Å². The van der Waals surface area contributed by atoms with Gasteiger partial charge in [0.05, 0.1) is 23.4 Å². The van der Waals surface area contributed by atoms with Gasteiger partial charge in [0.15, 0.2) is 11.6 Å². The van der Waals surface area contributed by atoms with Crippen molar-refractivity contribution in [2.24, 2.45) is 17.8 Å². The van der Waals surface area contributed by atoms with Crippen molar-refractivity contribution in [3.63, 3.8) is 0 Å². The summed E-state index contributed by atoms with van der Waals surface area (Å²) in [7, 11) is 0. The number of ketones is 2. The Morgan fingerprint density at radius 3 is 2.30 bits per heavy atom. The van der Waals surface area contributed by atoms with Gasteiger partial charge in [-0.15, -0.1) is 0 Å². The molecule has 0 radical (unpaired) electrons. The van der Waals surface area contributed by atoms with Crippen LogP contribution in [0.4, 0.5) is 5.69 Å². The summed E-state index contributed by atoms with van der Waals surface area (Å²) in [5.74, 6) is 1.67. The molecule has 0 heterocycles. The summed E-state index contributed by atoms with van der Waals surface area (Å²) in [6, 6.07) is 16.0. The Hall–Kier alpha value is -3.58. The second kappa shape index (κ2) is 12.6. The average Bonchev–Trinajstić information content (AvgIpc) is 3.01. The Morgan fingerprint density at radius 1 is 0.907 bits per heavy atom. The molecule has 43 heavy (non-hydrogen) atoms. The van der Waals surface area contributed by atoms with Gasteiger partial charge in [0.25, 0.3) is 0 Å². The van der Waals surface area contributed by atoms with Crippen LogP contribution in [0.1, 0.15) is 107 Å². The topological polar surface area (TPSA) is 95.7 Å². The van der Waals surface area contributed by atoms with Gasteiger partial charge in [0.2, 0.25) is 0 Å². The van der Waals surface area contributed by atoms with Crippen LogP contribution in [-0.4, -0.2) is 30.2 Å². The van der Waals surface area contributed by atoms with E-state index < -0.39 is 5.97 Å². The van der Waals surface area contributed by atoms with Gasteiger partial charge in [-0.25, -0.2) is 4.79 Å². The van der Waals surface area contributed by atoms with Crippen LogP contribution < -0.4 is 10.5 Å². The molecule has 0 bridgehead atoms. The van der Waals surface area contributed by atoms with E-state index in [2.05, 4.69) is 13.8 Å². The van der Waals surface area contributed by atoms with E-state index in [9.17, 15) is 14.4 Å². The number of carbonyl (C=O) groups is 3. The van der Waals surface area contributed by atoms with Gasteiger partial charge in [0.1, 0.15) is 11.9 Å². The highest BCUT2D eigenvalue weighted by Crippen LogP contribution is 2.45. The number of hydrogen-bond acceptors (Lipinski definition) is 7. The Labute approximate surface area is 257 Å². The highest BCUT2D eigenvalue weighted by Gasteiger charge is 2.38. The number of carbonyl (C=O) groups excluding carboxylic acids is 3. The second-order valence-electron chi connectivity index (χ2n) is 12.3. The summed E-state index contributed by atoms with van der Waals surface area (Å²) in [5, 5.41) is 0. The molecule has 3 aliphatic carbocycles. The summed E-state index contributed by atoms with van der Waals surface area (Å²) < 4.78 is 11.9. The molecule has 0 amide bonds. The molecule has 3 aromatic carbocycles. The van der Waals surface area contributed by atoms with Crippen LogP contribution in [0, 0.1) is 17.8 Å². The minimum absolute atomic E-state index is 0.0112. The van der Waals surface area contributed by atoms with Gasteiger partial charge in [-0.1, -0.05) is 62.7 Å². The molecular formula is C36H39NO5S. The fraction of sp³-hybridized carbons (Fsp3) is 0.417. The van der Waals surface area contributed by atoms with Crippen LogP contribution >= 0.6 is 11.8 Å². The van der Waals surface area contributed by atoms with Crippen molar-refractivity contribution in [1.82, 2.24) is 0 Å². The second-order valence-corrected chi connectivity index (χ2v) is 13.5. The minimum Gasteiger partial charge on any atom is -0.494 e. The molecule has 0 aliphatic heterocycles. The minimum atomic E-state index is -0.534. The molecule has 4 atom stereocenters. The lowest BCUT2D eigenvalue weighted by Gasteiger charge is -2.41. The molecule has 6 rings (SSSR count). The van der Waals surface area contributed by atoms with Gasteiger partial charge < -0.3 is 15.2 Å². The van der Waals surface area contributed by atoms with E-state index in [1.165, 1.54) is 31.0 Å². The number of fused-ring (bicyclic) bond motifs is 3. The SMILES string of the molecule is CCCCOc1ccc(Sc2cc(C(=O)O[C@@H]3CC[C@@H]4CC(C)CCC4C3)c(N)c3c2C(=O)c2ccccc2C3=O)cc1. The van der Waals surface area contributed by atoms with Crippen molar-refractivity contribution in [3.05, 3.63) is 82.4 Å². The number of anilines is 1. The van der Waals surface area contributed by atoms with Crippen molar-refractivity contribution < 1.29 is 23.9 Å². The Bertz CT molecular complexity index is 1550. The summed E-state index contributed by atoms with van der Waals surface area (Å²) in [5.41, 5.74) is 7.70. The van der Waals surface area contributed by atoms with Gasteiger partial charge in [-0.3, -0.25) is 9.59 Å². The molecule has 0 spiro atoms.